The second-order valence-electron chi connectivity index (χ2n) is 20.3. The number of non-ortho nitro benzene ring substituents is 2. The average Bonchev–Trinajstić information content (AvgIpc) is 1.28. The number of nitro benzene ring substituents is 2. The van der Waals surface area contributed by atoms with Crippen LogP contribution in [-0.2, 0) is 27.5 Å². The standard InChI is InChI=1S/C63H65N5O14/c1-4-34-79-63-58(66(39-45-15-11-14-43-12-5-6-16-50(43)45)59(71)31-22-41-18-23-46(24-19-41)67(73)74)38-55(65-80-40-42-20-25-47(26-21-42)68(75)76)52-35-44(13-7-9-32-69)51(17-8-10-33-70)60(61(52)63)53-36-49(28-30-56(53)82-63)81-62(72)64-54-29-27-48(77-2)37-57(54)78-3/h4-6,11-12,14-16,18-31,35-37,44,51,58,60-61,69-70H,1,7-10,13,17,32-34,38-40H2,2-3H3,(H,64,72)/t44-,51+,58-,60+,61+,63+/m0/s1. The lowest BCUT2D eigenvalue weighted by atomic mass is 9.55. The van der Waals surface area contributed by atoms with Gasteiger partial charge in [0.05, 0.1) is 48.0 Å². The Morgan fingerprint density at radius 3 is 2.26 bits per heavy atom. The van der Waals surface area contributed by atoms with Crippen molar-refractivity contribution < 1.29 is 58.2 Å². The second-order valence-corrected chi connectivity index (χ2v) is 20.3. The SMILES string of the molecule is C=CCO[C@@]12Oc3ccc(OC(=O)Nc4ccc(OC)cc4OC)cc3[C@H]3[C@H](CCCCO)[C@@H](CCCCO)C=C(C(=NOCc4ccc([N+](=O)[O-])cc4)C[C@@H]1N(Cc1cccc4ccccc14)C(=O)C=Cc1ccc([N+](=O)[O-])cc1)[C@H]32. The summed E-state index contributed by atoms with van der Waals surface area (Å²) in [5.41, 5.74) is 4.06. The monoisotopic (exact) mass is 1120 g/mol. The van der Waals surface area contributed by atoms with Gasteiger partial charge in [0.25, 0.3) is 11.4 Å². The third-order valence-corrected chi connectivity index (χ3v) is 15.5. The van der Waals surface area contributed by atoms with Crippen molar-refractivity contribution in [1.29, 1.82) is 0 Å². The van der Waals surface area contributed by atoms with Crippen molar-refractivity contribution in [3.05, 3.63) is 200 Å². The molecule has 0 bridgehead atoms. The molecule has 1 heterocycles. The van der Waals surface area contributed by atoms with Crippen molar-refractivity contribution in [3.8, 4) is 23.0 Å². The molecule has 3 aliphatic rings. The van der Waals surface area contributed by atoms with Gasteiger partial charge in [-0.05, 0) is 131 Å². The zero-order valence-corrected chi connectivity index (χ0v) is 45.6. The number of anilines is 1. The van der Waals surface area contributed by atoms with Crippen molar-refractivity contribution in [3.63, 3.8) is 0 Å². The molecule has 0 spiro atoms. The largest absolute Gasteiger partial charge is 0.497 e. The summed E-state index contributed by atoms with van der Waals surface area (Å²) >= 11 is 0. The van der Waals surface area contributed by atoms with Gasteiger partial charge in [0.2, 0.25) is 11.7 Å². The van der Waals surface area contributed by atoms with E-state index in [0.717, 1.165) is 21.9 Å². The number of hydrogen-bond acceptors (Lipinski definition) is 15. The number of fused-ring (bicyclic) bond motifs is 3. The molecular weight excluding hydrogens is 1050 g/mol. The van der Waals surface area contributed by atoms with Gasteiger partial charge in [0.1, 0.15) is 35.6 Å². The lowest BCUT2D eigenvalue weighted by molar-refractivity contribution is -0.385. The minimum atomic E-state index is -1.70. The molecule has 9 rings (SSSR count). The lowest BCUT2D eigenvalue weighted by Gasteiger charge is -2.60. The quantitative estimate of drug-likeness (QED) is 0.0159. The minimum absolute atomic E-state index is 0.00502. The number of oxime groups is 1. The van der Waals surface area contributed by atoms with Crippen LogP contribution in [0.3, 0.4) is 0 Å². The molecule has 0 saturated heterocycles. The van der Waals surface area contributed by atoms with Crippen molar-refractivity contribution >= 4 is 51.6 Å². The van der Waals surface area contributed by atoms with Crippen molar-refractivity contribution in [2.45, 2.75) is 75.8 Å². The number of benzene rings is 6. The molecule has 6 atom stereocenters. The summed E-state index contributed by atoms with van der Waals surface area (Å²) in [7, 11) is 3.00. The number of hydrogen-bond donors (Lipinski definition) is 3. The van der Waals surface area contributed by atoms with Crippen LogP contribution in [0.2, 0.25) is 0 Å². The maximum Gasteiger partial charge on any atom is 0.417 e. The number of ether oxygens (including phenoxy) is 5. The van der Waals surface area contributed by atoms with Gasteiger partial charge in [-0.15, -0.1) is 6.58 Å². The first-order valence-electron chi connectivity index (χ1n) is 27.2. The highest BCUT2D eigenvalue weighted by molar-refractivity contribution is 6.03. The maximum atomic E-state index is 15.6. The lowest BCUT2D eigenvalue weighted by Crippen LogP contribution is -2.70. The Morgan fingerprint density at radius 1 is 0.841 bits per heavy atom. The molecule has 0 aromatic heterocycles. The predicted octanol–water partition coefficient (Wildman–Crippen LogP) is 11.9. The molecule has 0 radical (unpaired) electrons. The van der Waals surface area contributed by atoms with Gasteiger partial charge in [-0.2, -0.15) is 0 Å². The summed E-state index contributed by atoms with van der Waals surface area (Å²) in [6, 6.07) is 34.8. The Bertz CT molecular complexity index is 3380. The number of carbonyl (C=O) groups is 2. The molecule has 1 aliphatic heterocycles. The Balaban J connectivity index is 1.24. The normalized spacial score (nSPS) is 20.2. The third kappa shape index (κ3) is 12.8. The van der Waals surface area contributed by atoms with E-state index in [2.05, 4.69) is 18.0 Å². The predicted molar refractivity (Wildman–Crippen MR) is 309 cm³/mol. The Morgan fingerprint density at radius 2 is 1.55 bits per heavy atom. The van der Waals surface area contributed by atoms with Crippen LogP contribution in [-0.4, -0.2) is 88.5 Å². The highest BCUT2D eigenvalue weighted by atomic mass is 16.7. The van der Waals surface area contributed by atoms with E-state index in [0.29, 0.717) is 83.9 Å². The summed E-state index contributed by atoms with van der Waals surface area (Å²) in [4.78, 5) is 59.7. The first-order chi connectivity index (χ1) is 39.9. The number of nitrogens with zero attached hydrogens (tertiary/aromatic N) is 4. The van der Waals surface area contributed by atoms with Crippen LogP contribution >= 0.6 is 0 Å². The van der Waals surface area contributed by atoms with E-state index in [4.69, 9.17) is 33.7 Å². The number of methoxy groups -OCH3 is 2. The number of aliphatic hydroxyl groups is 2. The molecule has 82 heavy (non-hydrogen) atoms. The van der Waals surface area contributed by atoms with Gasteiger partial charge in [0.15, 0.2) is 0 Å². The molecule has 0 unspecified atom stereocenters. The van der Waals surface area contributed by atoms with E-state index in [9.17, 15) is 35.2 Å². The molecule has 2 amide bonds. The van der Waals surface area contributed by atoms with Gasteiger partial charge in [-0.1, -0.05) is 72.6 Å². The number of aliphatic hydroxyl groups excluding tert-OH is 2. The molecule has 19 heteroatoms. The smallest absolute Gasteiger partial charge is 0.417 e. The molecule has 3 N–H and O–H groups in total. The minimum Gasteiger partial charge on any atom is -0.497 e. The number of nitro groups is 2. The topological polar surface area (TPSA) is 244 Å². The number of unbranched alkanes of at least 4 members (excludes halogenated alkanes) is 2. The van der Waals surface area contributed by atoms with Crippen LogP contribution in [0.5, 0.6) is 23.0 Å². The number of allylic oxidation sites excluding steroid dienone is 1. The first kappa shape index (κ1) is 57.8. The Labute approximate surface area is 474 Å². The van der Waals surface area contributed by atoms with Gasteiger partial charge in [0, 0.05) is 74.1 Å². The number of nitrogens with one attached hydrogen (secondary N) is 1. The number of carbonyl (C=O) groups excluding carboxylic acids is 2. The van der Waals surface area contributed by atoms with Gasteiger partial charge < -0.3 is 43.6 Å². The summed E-state index contributed by atoms with van der Waals surface area (Å²) in [5.74, 6) is -2.26. The maximum absolute atomic E-state index is 15.6. The van der Waals surface area contributed by atoms with Gasteiger partial charge in [-0.25, -0.2) is 4.79 Å². The van der Waals surface area contributed by atoms with Crippen LogP contribution in [0.1, 0.15) is 73.1 Å². The van der Waals surface area contributed by atoms with Crippen LogP contribution in [0.25, 0.3) is 16.8 Å². The number of amides is 2. The van der Waals surface area contributed by atoms with Crippen molar-refractivity contribution in [1.82, 2.24) is 4.90 Å². The highest BCUT2D eigenvalue weighted by Gasteiger charge is 2.65. The van der Waals surface area contributed by atoms with E-state index in [1.165, 1.54) is 44.6 Å². The fourth-order valence-corrected chi connectivity index (χ4v) is 11.7. The average molecular weight is 1120 g/mol. The van der Waals surface area contributed by atoms with Crippen LogP contribution in [0.4, 0.5) is 21.9 Å². The number of rotatable bonds is 25. The molecular formula is C63H65N5O14. The molecule has 1 saturated carbocycles. The Hall–Kier alpha value is -8.91. The van der Waals surface area contributed by atoms with E-state index < -0.39 is 45.5 Å². The summed E-state index contributed by atoms with van der Waals surface area (Å²) < 4.78 is 31.7. The van der Waals surface area contributed by atoms with E-state index in [-0.39, 0.29) is 68.4 Å². The van der Waals surface area contributed by atoms with Crippen LogP contribution in [0, 0.1) is 38.0 Å². The fraction of sp³-hybridized carbons (Fsp3) is 0.317. The zero-order chi connectivity index (χ0) is 57.8. The van der Waals surface area contributed by atoms with Gasteiger partial charge >= 0.3 is 6.09 Å². The molecule has 1 fully saturated rings. The van der Waals surface area contributed by atoms with E-state index in [1.54, 1.807) is 77.7 Å². The fourth-order valence-electron chi connectivity index (χ4n) is 11.7. The summed E-state index contributed by atoms with van der Waals surface area (Å²) in [6.45, 7) is 4.00. The molecule has 426 valence electrons. The Kier molecular flexibility index (Phi) is 18.7. The zero-order valence-electron chi connectivity index (χ0n) is 45.6. The van der Waals surface area contributed by atoms with E-state index in [1.807, 2.05) is 42.5 Å². The van der Waals surface area contributed by atoms with Crippen molar-refractivity contribution in [2.75, 3.05) is 39.4 Å². The third-order valence-electron chi connectivity index (χ3n) is 15.5. The summed E-state index contributed by atoms with van der Waals surface area (Å²) in [5, 5.41) is 53.0. The second kappa shape index (κ2) is 26.6. The molecule has 6 aromatic carbocycles. The molecule has 19 nitrogen and oxygen atoms in total. The van der Waals surface area contributed by atoms with Crippen molar-refractivity contribution in [2.24, 2.45) is 22.9 Å². The highest BCUT2D eigenvalue weighted by Crippen LogP contribution is 2.62. The van der Waals surface area contributed by atoms with Gasteiger partial charge in [-0.3, -0.25) is 30.3 Å². The van der Waals surface area contributed by atoms with E-state index >= 15 is 4.79 Å². The van der Waals surface area contributed by atoms with Crippen LogP contribution < -0.4 is 24.3 Å². The van der Waals surface area contributed by atoms with Crippen LogP contribution in [0.15, 0.2) is 163 Å². The first-order valence-corrected chi connectivity index (χ1v) is 27.2. The summed E-state index contributed by atoms with van der Waals surface area (Å²) in [6.07, 6.45) is 9.77. The molecule has 6 aromatic rings. The molecule has 2 aliphatic carbocycles.